The third-order valence-electron chi connectivity index (χ3n) is 6.32. The first-order chi connectivity index (χ1) is 17.8. The number of hydrogen-bond acceptors (Lipinski definition) is 7. The Morgan fingerprint density at radius 3 is 2.73 bits per heavy atom. The van der Waals surface area contributed by atoms with E-state index < -0.39 is 21.8 Å². The van der Waals surface area contributed by atoms with E-state index in [1.165, 1.54) is 29.4 Å². The van der Waals surface area contributed by atoms with Crippen molar-refractivity contribution in [1.29, 1.82) is 0 Å². The third kappa shape index (κ3) is 5.23. The van der Waals surface area contributed by atoms with Crippen molar-refractivity contribution in [3.8, 4) is 11.5 Å². The molecule has 2 aliphatic rings. The molecule has 1 amide bonds. The molecular formula is C26H26FN3O6S. The summed E-state index contributed by atoms with van der Waals surface area (Å²) in [5, 5.41) is 6.69. The summed E-state index contributed by atoms with van der Waals surface area (Å²) in [5.41, 5.74) is 1.02. The molecule has 2 aromatic carbocycles. The molecular weight excluding hydrogens is 501 g/mol. The Morgan fingerprint density at radius 2 is 1.92 bits per heavy atom. The number of sulfonamides is 1. The standard InChI is InChI=1S/C26H26FN3O6S/c1-17-25(23(36-29-17)10-8-18-5-2-3-7-21(18)27)37(32,33)30-12-4-6-19(16-30)26(31)28-20-9-11-22-24(15-20)35-14-13-34-22/h2-3,5,7-11,15,19H,4,6,12-14,16H2,1H3,(H,28,31)/b10-8+/t19-/m1/s1. The molecule has 1 saturated heterocycles. The Bertz CT molecular complexity index is 1450. The van der Waals surface area contributed by atoms with Crippen LogP contribution in [0.4, 0.5) is 10.1 Å². The Kier molecular flexibility index (Phi) is 6.98. The summed E-state index contributed by atoms with van der Waals surface area (Å²) in [6.45, 7) is 2.71. The number of nitrogens with zero attached hydrogens (tertiary/aromatic N) is 2. The number of aryl methyl sites for hydroxylation is 1. The number of halogens is 1. The molecule has 1 atom stereocenters. The fourth-order valence-corrected chi connectivity index (χ4v) is 6.22. The number of ether oxygens (including phenoxy) is 2. The molecule has 1 aromatic heterocycles. The van der Waals surface area contributed by atoms with Crippen LogP contribution >= 0.6 is 0 Å². The SMILES string of the molecule is Cc1noc(/C=C/c2ccccc2F)c1S(=O)(=O)N1CCC[C@@H](C(=O)Nc2ccc3c(c2)OCCO3)C1. The van der Waals surface area contributed by atoms with Crippen molar-refractivity contribution < 1.29 is 31.6 Å². The highest BCUT2D eigenvalue weighted by atomic mass is 32.2. The summed E-state index contributed by atoms with van der Waals surface area (Å²) in [4.78, 5) is 12.9. The summed E-state index contributed by atoms with van der Waals surface area (Å²) in [6.07, 6.45) is 3.89. The highest BCUT2D eigenvalue weighted by molar-refractivity contribution is 7.89. The molecule has 2 aliphatic heterocycles. The van der Waals surface area contributed by atoms with Crippen LogP contribution < -0.4 is 14.8 Å². The van der Waals surface area contributed by atoms with Gasteiger partial charge in [-0.2, -0.15) is 4.31 Å². The van der Waals surface area contributed by atoms with E-state index in [0.29, 0.717) is 43.2 Å². The predicted molar refractivity (Wildman–Crippen MR) is 134 cm³/mol. The third-order valence-corrected chi connectivity index (χ3v) is 8.34. The molecule has 3 aromatic rings. The molecule has 9 nitrogen and oxygen atoms in total. The molecule has 1 fully saturated rings. The number of fused-ring (bicyclic) bond motifs is 1. The van der Waals surface area contributed by atoms with E-state index in [2.05, 4.69) is 10.5 Å². The van der Waals surface area contributed by atoms with Crippen LogP contribution in [-0.2, 0) is 14.8 Å². The van der Waals surface area contributed by atoms with Gasteiger partial charge in [-0.1, -0.05) is 23.4 Å². The second-order valence-corrected chi connectivity index (χ2v) is 10.7. The number of amides is 1. The van der Waals surface area contributed by atoms with Crippen molar-refractivity contribution in [2.75, 3.05) is 31.6 Å². The first kappa shape index (κ1) is 25.0. The van der Waals surface area contributed by atoms with E-state index in [-0.39, 0.29) is 40.9 Å². The molecule has 1 N–H and O–H groups in total. The second-order valence-electron chi connectivity index (χ2n) is 8.87. The highest BCUT2D eigenvalue weighted by Gasteiger charge is 2.37. The highest BCUT2D eigenvalue weighted by Crippen LogP contribution is 2.34. The number of anilines is 1. The molecule has 37 heavy (non-hydrogen) atoms. The number of rotatable bonds is 6. The lowest BCUT2D eigenvalue weighted by Crippen LogP contribution is -2.43. The summed E-state index contributed by atoms with van der Waals surface area (Å²) in [7, 11) is -4.03. The van der Waals surface area contributed by atoms with Gasteiger partial charge >= 0.3 is 0 Å². The zero-order chi connectivity index (χ0) is 26.0. The Labute approximate surface area is 213 Å². The van der Waals surface area contributed by atoms with Crippen molar-refractivity contribution in [3.05, 3.63) is 65.3 Å². The van der Waals surface area contributed by atoms with E-state index in [4.69, 9.17) is 14.0 Å². The van der Waals surface area contributed by atoms with Crippen LogP contribution in [0.2, 0.25) is 0 Å². The number of nitrogens with one attached hydrogen (secondary N) is 1. The predicted octanol–water partition coefficient (Wildman–Crippen LogP) is 4.10. The van der Waals surface area contributed by atoms with Crippen molar-refractivity contribution >= 4 is 33.8 Å². The van der Waals surface area contributed by atoms with Crippen LogP contribution in [-0.4, -0.2) is 50.1 Å². The second kappa shape index (κ2) is 10.3. The number of piperidine rings is 1. The van der Waals surface area contributed by atoms with Crippen molar-refractivity contribution in [1.82, 2.24) is 9.46 Å². The zero-order valence-electron chi connectivity index (χ0n) is 20.1. The molecule has 11 heteroatoms. The number of hydrogen-bond donors (Lipinski definition) is 1. The quantitative estimate of drug-likeness (QED) is 0.514. The summed E-state index contributed by atoms with van der Waals surface area (Å²) in [6, 6.07) is 11.3. The molecule has 0 radical (unpaired) electrons. The largest absolute Gasteiger partial charge is 0.486 e. The lowest BCUT2D eigenvalue weighted by Gasteiger charge is -2.31. The van der Waals surface area contributed by atoms with Gasteiger partial charge in [-0.3, -0.25) is 4.79 Å². The first-order valence-corrected chi connectivity index (χ1v) is 13.4. The lowest BCUT2D eigenvalue weighted by atomic mass is 9.98. The van der Waals surface area contributed by atoms with Crippen LogP contribution in [0.5, 0.6) is 11.5 Å². The topological polar surface area (TPSA) is 111 Å². The molecule has 3 heterocycles. The fraction of sp³-hybridized carbons (Fsp3) is 0.308. The molecule has 5 rings (SSSR count). The summed E-state index contributed by atoms with van der Waals surface area (Å²) in [5.74, 6) is -0.0996. The maximum atomic E-state index is 14.0. The number of carbonyl (C=O) groups is 1. The molecule has 0 spiro atoms. The van der Waals surface area contributed by atoms with Gasteiger partial charge in [0.2, 0.25) is 15.9 Å². The summed E-state index contributed by atoms with van der Waals surface area (Å²) < 4.78 is 58.9. The van der Waals surface area contributed by atoms with Gasteiger partial charge in [0, 0.05) is 30.4 Å². The van der Waals surface area contributed by atoms with Crippen LogP contribution in [0.3, 0.4) is 0 Å². The van der Waals surface area contributed by atoms with Crippen molar-refractivity contribution in [2.24, 2.45) is 5.92 Å². The number of benzene rings is 2. The van der Waals surface area contributed by atoms with E-state index in [0.717, 1.165) is 0 Å². The first-order valence-electron chi connectivity index (χ1n) is 11.9. The molecule has 0 unspecified atom stereocenters. The van der Waals surface area contributed by atoms with Gasteiger partial charge in [0.05, 0.1) is 5.92 Å². The van der Waals surface area contributed by atoms with Gasteiger partial charge in [0.25, 0.3) is 0 Å². The molecule has 0 bridgehead atoms. The maximum absolute atomic E-state index is 14.0. The lowest BCUT2D eigenvalue weighted by molar-refractivity contribution is -0.120. The normalized spacial score (nSPS) is 18.2. The van der Waals surface area contributed by atoms with Gasteiger partial charge in [-0.25, -0.2) is 12.8 Å². The van der Waals surface area contributed by atoms with E-state index in [9.17, 15) is 17.6 Å². The van der Waals surface area contributed by atoms with Crippen LogP contribution in [0.25, 0.3) is 12.2 Å². The minimum Gasteiger partial charge on any atom is -0.486 e. The number of carbonyl (C=O) groups excluding carboxylic acids is 1. The average Bonchev–Trinajstić information content (AvgIpc) is 3.29. The van der Waals surface area contributed by atoms with Gasteiger partial charge in [0.15, 0.2) is 22.2 Å². The van der Waals surface area contributed by atoms with Gasteiger partial charge in [-0.15, -0.1) is 0 Å². The number of aromatic nitrogens is 1. The average molecular weight is 528 g/mol. The minimum absolute atomic E-state index is 0.00334. The Hall–Kier alpha value is -3.70. The summed E-state index contributed by atoms with van der Waals surface area (Å²) >= 11 is 0. The van der Waals surface area contributed by atoms with Gasteiger partial charge < -0.3 is 19.3 Å². The monoisotopic (exact) mass is 527 g/mol. The molecule has 0 saturated carbocycles. The van der Waals surface area contributed by atoms with Crippen molar-refractivity contribution in [3.63, 3.8) is 0 Å². The van der Waals surface area contributed by atoms with Crippen molar-refractivity contribution in [2.45, 2.75) is 24.7 Å². The smallest absolute Gasteiger partial charge is 0.248 e. The minimum atomic E-state index is -4.03. The van der Waals surface area contributed by atoms with E-state index in [1.54, 1.807) is 36.4 Å². The van der Waals surface area contributed by atoms with Gasteiger partial charge in [0.1, 0.15) is 24.7 Å². The fourth-order valence-electron chi connectivity index (χ4n) is 4.44. The van der Waals surface area contributed by atoms with Crippen LogP contribution in [0.1, 0.15) is 29.9 Å². The van der Waals surface area contributed by atoms with Crippen LogP contribution in [0, 0.1) is 18.7 Å². The molecule has 0 aliphatic carbocycles. The zero-order valence-corrected chi connectivity index (χ0v) is 21.0. The Balaban J connectivity index is 1.32. The van der Waals surface area contributed by atoms with Gasteiger partial charge in [-0.05, 0) is 50.1 Å². The van der Waals surface area contributed by atoms with Crippen LogP contribution in [0.15, 0.2) is 51.9 Å². The van der Waals surface area contributed by atoms with E-state index in [1.807, 2.05) is 0 Å². The van der Waals surface area contributed by atoms with E-state index >= 15 is 0 Å². The Morgan fingerprint density at radius 1 is 1.14 bits per heavy atom. The maximum Gasteiger partial charge on any atom is 0.248 e. The molecule has 194 valence electrons.